The fraction of sp³-hybridized carbons (Fsp3) is 0.280. The van der Waals surface area contributed by atoms with E-state index in [1.165, 1.54) is 7.11 Å². The summed E-state index contributed by atoms with van der Waals surface area (Å²) < 4.78 is 10.7. The number of methoxy groups -OCH3 is 2. The van der Waals surface area contributed by atoms with Gasteiger partial charge in [-0.1, -0.05) is 48.5 Å². The number of ether oxygens (including phenoxy) is 2. The Labute approximate surface area is 176 Å². The molecular formula is C25H25NO4. The van der Waals surface area contributed by atoms with Crippen LogP contribution < -0.4 is 10.1 Å². The van der Waals surface area contributed by atoms with Crippen molar-refractivity contribution in [1.29, 1.82) is 0 Å². The van der Waals surface area contributed by atoms with Gasteiger partial charge < -0.3 is 14.8 Å². The third-order valence-corrected chi connectivity index (χ3v) is 5.95. The number of ketones is 1. The maximum absolute atomic E-state index is 13.4. The Kier molecular flexibility index (Phi) is 5.44. The van der Waals surface area contributed by atoms with E-state index in [0.717, 1.165) is 16.8 Å². The highest BCUT2D eigenvalue weighted by Crippen LogP contribution is 2.47. The van der Waals surface area contributed by atoms with Gasteiger partial charge in [0.1, 0.15) is 5.75 Å². The molecule has 0 bridgehead atoms. The minimum Gasteiger partial charge on any atom is -0.496 e. The number of benzene rings is 2. The van der Waals surface area contributed by atoms with E-state index in [1.807, 2.05) is 49.4 Å². The summed E-state index contributed by atoms with van der Waals surface area (Å²) in [6, 6.07) is 17.6. The van der Waals surface area contributed by atoms with Crippen molar-refractivity contribution in [1.82, 2.24) is 5.32 Å². The van der Waals surface area contributed by atoms with Crippen molar-refractivity contribution >= 4 is 11.8 Å². The Balaban J connectivity index is 1.85. The number of esters is 1. The molecular weight excluding hydrogens is 378 g/mol. The number of rotatable bonds is 4. The Morgan fingerprint density at radius 1 is 1.00 bits per heavy atom. The third-order valence-electron chi connectivity index (χ3n) is 5.95. The molecule has 4 rings (SSSR count). The molecule has 1 N–H and O–H groups in total. The number of allylic oxidation sites excluding steroid dienone is 3. The van der Waals surface area contributed by atoms with Crippen LogP contribution in [0.3, 0.4) is 0 Å². The van der Waals surface area contributed by atoms with Crippen LogP contribution in [0.4, 0.5) is 0 Å². The van der Waals surface area contributed by atoms with Gasteiger partial charge >= 0.3 is 5.97 Å². The molecule has 1 aliphatic heterocycles. The van der Waals surface area contributed by atoms with Gasteiger partial charge in [0.2, 0.25) is 0 Å². The van der Waals surface area contributed by atoms with Gasteiger partial charge in [0, 0.05) is 29.0 Å². The lowest BCUT2D eigenvalue weighted by molar-refractivity contribution is -0.136. The molecule has 2 atom stereocenters. The van der Waals surface area contributed by atoms with Crippen LogP contribution in [0.25, 0.3) is 0 Å². The van der Waals surface area contributed by atoms with E-state index >= 15 is 0 Å². The molecule has 1 heterocycles. The summed E-state index contributed by atoms with van der Waals surface area (Å²) >= 11 is 0. The van der Waals surface area contributed by atoms with Crippen LogP contribution in [0.15, 0.2) is 77.1 Å². The predicted molar refractivity (Wildman–Crippen MR) is 114 cm³/mol. The van der Waals surface area contributed by atoms with Crippen molar-refractivity contribution in [2.45, 2.75) is 31.6 Å². The molecule has 0 fully saturated rings. The number of hydrogen-bond acceptors (Lipinski definition) is 5. The summed E-state index contributed by atoms with van der Waals surface area (Å²) in [6.45, 7) is 1.86. The van der Waals surface area contributed by atoms with Crippen LogP contribution in [0, 0.1) is 0 Å². The lowest BCUT2D eigenvalue weighted by Gasteiger charge is -2.37. The molecule has 0 saturated carbocycles. The monoisotopic (exact) mass is 403 g/mol. The highest BCUT2D eigenvalue weighted by molar-refractivity contribution is 6.04. The summed E-state index contributed by atoms with van der Waals surface area (Å²) in [6.07, 6.45) is 1.12. The van der Waals surface area contributed by atoms with Crippen LogP contribution in [-0.4, -0.2) is 26.0 Å². The van der Waals surface area contributed by atoms with Crippen molar-refractivity contribution in [3.05, 3.63) is 88.3 Å². The van der Waals surface area contributed by atoms with E-state index < -0.39 is 11.9 Å². The van der Waals surface area contributed by atoms with Crippen molar-refractivity contribution < 1.29 is 19.1 Å². The predicted octanol–water partition coefficient (Wildman–Crippen LogP) is 4.23. The second kappa shape index (κ2) is 8.19. The zero-order valence-electron chi connectivity index (χ0n) is 17.4. The van der Waals surface area contributed by atoms with Crippen LogP contribution >= 0.6 is 0 Å². The number of dihydropyridines is 1. The van der Waals surface area contributed by atoms with Gasteiger partial charge in [0.25, 0.3) is 0 Å². The van der Waals surface area contributed by atoms with E-state index in [0.29, 0.717) is 35.4 Å². The first-order chi connectivity index (χ1) is 14.5. The molecule has 2 aromatic carbocycles. The Bertz CT molecular complexity index is 1050. The summed E-state index contributed by atoms with van der Waals surface area (Å²) in [5.41, 5.74) is 4.61. The Morgan fingerprint density at radius 2 is 1.70 bits per heavy atom. The van der Waals surface area contributed by atoms with Crippen LogP contribution in [0.5, 0.6) is 5.75 Å². The van der Waals surface area contributed by atoms with Gasteiger partial charge in [-0.15, -0.1) is 0 Å². The van der Waals surface area contributed by atoms with Gasteiger partial charge in [-0.2, -0.15) is 0 Å². The van der Waals surface area contributed by atoms with E-state index in [2.05, 4.69) is 17.4 Å². The fourth-order valence-electron chi connectivity index (χ4n) is 4.60. The van der Waals surface area contributed by atoms with Crippen LogP contribution in [0.1, 0.15) is 42.7 Å². The lowest BCUT2D eigenvalue weighted by atomic mass is 9.71. The molecule has 0 unspecified atom stereocenters. The second-order valence-electron chi connectivity index (χ2n) is 7.66. The summed E-state index contributed by atoms with van der Waals surface area (Å²) in [7, 11) is 2.96. The fourth-order valence-corrected chi connectivity index (χ4v) is 4.60. The number of carbonyl (C=O) groups excluding carboxylic acids is 2. The van der Waals surface area contributed by atoms with Crippen LogP contribution in [-0.2, 0) is 14.3 Å². The van der Waals surface area contributed by atoms with Gasteiger partial charge in [0.05, 0.1) is 25.7 Å². The molecule has 0 amide bonds. The molecule has 0 saturated heterocycles. The number of para-hydroxylation sites is 1. The first-order valence-electron chi connectivity index (χ1n) is 10.0. The normalized spacial score (nSPS) is 21.1. The molecule has 30 heavy (non-hydrogen) atoms. The highest BCUT2D eigenvalue weighted by Gasteiger charge is 2.42. The van der Waals surface area contributed by atoms with Crippen molar-refractivity contribution in [3.8, 4) is 5.75 Å². The molecule has 0 radical (unpaired) electrons. The molecule has 5 heteroatoms. The average molecular weight is 403 g/mol. The average Bonchev–Trinajstić information content (AvgIpc) is 2.78. The first-order valence-corrected chi connectivity index (χ1v) is 10.0. The van der Waals surface area contributed by atoms with Crippen molar-refractivity contribution in [2.75, 3.05) is 14.2 Å². The van der Waals surface area contributed by atoms with Crippen LogP contribution in [0.2, 0.25) is 0 Å². The Hall–Kier alpha value is -3.34. The largest absolute Gasteiger partial charge is 0.496 e. The number of carbonyl (C=O) groups is 2. The van der Waals surface area contributed by atoms with E-state index in [9.17, 15) is 9.59 Å². The highest BCUT2D eigenvalue weighted by atomic mass is 16.5. The van der Waals surface area contributed by atoms with E-state index in [4.69, 9.17) is 9.47 Å². The maximum atomic E-state index is 13.4. The van der Waals surface area contributed by atoms with Gasteiger partial charge in [0.15, 0.2) is 5.78 Å². The molecule has 5 nitrogen and oxygen atoms in total. The summed E-state index contributed by atoms with van der Waals surface area (Å²) in [5, 5.41) is 3.35. The quantitative estimate of drug-likeness (QED) is 0.774. The third kappa shape index (κ3) is 3.41. The van der Waals surface area contributed by atoms with Crippen molar-refractivity contribution in [2.24, 2.45) is 0 Å². The van der Waals surface area contributed by atoms with Gasteiger partial charge in [-0.3, -0.25) is 4.79 Å². The molecule has 154 valence electrons. The maximum Gasteiger partial charge on any atom is 0.336 e. The number of nitrogens with one attached hydrogen (secondary N) is 1. The smallest absolute Gasteiger partial charge is 0.336 e. The molecule has 0 aromatic heterocycles. The molecule has 2 aromatic rings. The van der Waals surface area contributed by atoms with Gasteiger partial charge in [-0.05, 0) is 30.9 Å². The standard InChI is InChI=1S/C25H25NO4/c1-15-22(25(28)30-3)23(18-11-7-8-12-21(18)29-2)24-19(26-15)13-17(14-20(24)27)16-9-5-4-6-10-16/h4-12,17,23,26H,13-14H2,1-3H3/t17-,23-/m0/s1. The topological polar surface area (TPSA) is 64.6 Å². The van der Waals surface area contributed by atoms with Gasteiger partial charge in [-0.25, -0.2) is 4.79 Å². The zero-order chi connectivity index (χ0) is 21.3. The summed E-state index contributed by atoms with van der Waals surface area (Å²) in [4.78, 5) is 26.2. The minimum atomic E-state index is -0.519. The first kappa shape index (κ1) is 20.0. The Morgan fingerprint density at radius 3 is 2.40 bits per heavy atom. The van der Waals surface area contributed by atoms with E-state index in [-0.39, 0.29) is 11.7 Å². The SMILES string of the molecule is COC(=O)C1=C(C)NC2=C(C(=O)C[C@@H](c3ccccc3)C2)[C@H]1c1ccccc1OC. The van der Waals surface area contributed by atoms with Crippen molar-refractivity contribution in [3.63, 3.8) is 0 Å². The second-order valence-corrected chi connectivity index (χ2v) is 7.66. The minimum absolute atomic E-state index is 0.0439. The zero-order valence-corrected chi connectivity index (χ0v) is 17.4. The molecule has 1 aliphatic carbocycles. The molecule has 0 spiro atoms. The lowest BCUT2D eigenvalue weighted by Crippen LogP contribution is -2.36. The molecule has 2 aliphatic rings. The number of Topliss-reactive ketones (excluding diaryl/α,β-unsaturated/α-hetero) is 1. The van der Waals surface area contributed by atoms with E-state index in [1.54, 1.807) is 7.11 Å². The summed E-state index contributed by atoms with van der Waals surface area (Å²) in [5.74, 6) is -0.170. The number of hydrogen-bond donors (Lipinski definition) is 1.